The van der Waals surface area contributed by atoms with Crippen LogP contribution in [0.4, 0.5) is 4.39 Å². The highest BCUT2D eigenvalue weighted by Gasteiger charge is 2.17. The minimum Gasteiger partial charge on any atom is -0.340 e. The smallest absolute Gasteiger partial charge is 0.159 e. The zero-order valence-corrected chi connectivity index (χ0v) is 18.8. The van der Waals surface area contributed by atoms with Crippen molar-refractivity contribution in [2.75, 3.05) is 0 Å². The van der Waals surface area contributed by atoms with Crippen LogP contribution in [0.25, 0.3) is 35.3 Å². The Kier molecular flexibility index (Phi) is 6.04. The first-order valence-electron chi connectivity index (χ1n) is 10.5. The number of imidazole rings is 1. The summed E-state index contributed by atoms with van der Waals surface area (Å²) in [5.74, 6) is 0.293. The van der Waals surface area contributed by atoms with E-state index in [0.29, 0.717) is 17.2 Å². The third-order valence-corrected chi connectivity index (χ3v) is 5.35. The molecule has 0 aliphatic rings. The maximum Gasteiger partial charge on any atom is 0.159 e. The number of allylic oxidation sites excluding steroid dienone is 4. The largest absolute Gasteiger partial charge is 0.340 e. The number of aryl methyl sites for hydroxylation is 2. The van der Waals surface area contributed by atoms with Crippen LogP contribution in [-0.4, -0.2) is 30.4 Å². The Balaban J connectivity index is 1.74. The number of halogens is 1. The predicted molar refractivity (Wildman–Crippen MR) is 131 cm³/mol. The molecule has 4 rings (SSSR count). The van der Waals surface area contributed by atoms with E-state index in [0.717, 1.165) is 44.1 Å². The molecule has 1 aromatic carbocycles. The lowest BCUT2D eigenvalue weighted by Gasteiger charge is -2.07. The van der Waals surface area contributed by atoms with Crippen LogP contribution in [0.3, 0.4) is 0 Å². The molecular weight excluding hydrogens is 415 g/mol. The summed E-state index contributed by atoms with van der Waals surface area (Å²) in [7, 11) is 0. The Hall–Kier alpha value is -4.26. The van der Waals surface area contributed by atoms with E-state index in [1.807, 2.05) is 51.3 Å². The molecule has 166 valence electrons. The monoisotopic (exact) mass is 440 g/mol. The van der Waals surface area contributed by atoms with Crippen molar-refractivity contribution in [1.29, 1.82) is 0 Å². The molecule has 33 heavy (non-hydrogen) atoms. The van der Waals surface area contributed by atoms with Crippen molar-refractivity contribution in [2.45, 2.75) is 20.8 Å². The Morgan fingerprint density at radius 2 is 1.94 bits per heavy atom. The Bertz CT molecular complexity index is 1460. The predicted octanol–water partition coefficient (Wildman–Crippen LogP) is 4.19. The highest BCUT2D eigenvalue weighted by molar-refractivity contribution is 5.81. The van der Waals surface area contributed by atoms with Gasteiger partial charge in [-0.3, -0.25) is 10.2 Å². The average Bonchev–Trinajstić information content (AvgIpc) is 3.50. The van der Waals surface area contributed by atoms with E-state index in [4.69, 9.17) is 4.98 Å². The fourth-order valence-corrected chi connectivity index (χ4v) is 3.64. The third kappa shape index (κ3) is 4.52. The second-order valence-corrected chi connectivity index (χ2v) is 7.86. The van der Waals surface area contributed by atoms with Gasteiger partial charge in [0.2, 0.25) is 0 Å². The molecule has 0 saturated carbocycles. The molecule has 6 nitrogen and oxygen atoms in total. The molecule has 0 fully saturated rings. The van der Waals surface area contributed by atoms with Gasteiger partial charge in [-0.15, -0.1) is 0 Å². The van der Waals surface area contributed by atoms with Gasteiger partial charge in [-0.1, -0.05) is 37.5 Å². The summed E-state index contributed by atoms with van der Waals surface area (Å²) in [6, 6.07) is 4.92. The Morgan fingerprint density at radius 1 is 1.12 bits per heavy atom. The highest BCUT2D eigenvalue weighted by atomic mass is 19.1. The van der Waals surface area contributed by atoms with Gasteiger partial charge in [0.1, 0.15) is 11.5 Å². The van der Waals surface area contributed by atoms with Crippen LogP contribution in [0.5, 0.6) is 0 Å². The fourth-order valence-electron chi connectivity index (χ4n) is 3.64. The molecule has 4 aromatic rings. The molecule has 0 atom stereocenters. The zero-order chi connectivity index (χ0) is 23.5. The van der Waals surface area contributed by atoms with Gasteiger partial charge in [0.25, 0.3) is 0 Å². The van der Waals surface area contributed by atoms with Crippen LogP contribution in [0.2, 0.25) is 0 Å². The van der Waals surface area contributed by atoms with Gasteiger partial charge in [0, 0.05) is 28.2 Å². The van der Waals surface area contributed by atoms with Gasteiger partial charge < -0.3 is 4.98 Å². The first kappa shape index (κ1) is 22.0. The number of nitrogens with zero attached hydrogens (tertiary/aromatic N) is 3. The summed E-state index contributed by atoms with van der Waals surface area (Å²) in [6.45, 7) is 13.8. The zero-order valence-electron chi connectivity index (χ0n) is 18.8. The summed E-state index contributed by atoms with van der Waals surface area (Å²) in [5, 5.41) is 15.7. The number of benzene rings is 1. The number of aromatic amines is 3. The molecule has 7 heteroatoms. The van der Waals surface area contributed by atoms with Crippen LogP contribution >= 0.6 is 0 Å². The molecule has 0 spiro atoms. The minimum atomic E-state index is -0.292. The van der Waals surface area contributed by atoms with Crippen LogP contribution in [-0.2, 0) is 0 Å². The van der Waals surface area contributed by atoms with Crippen LogP contribution in [0, 0.1) is 19.7 Å². The van der Waals surface area contributed by atoms with Crippen molar-refractivity contribution in [2.24, 2.45) is 0 Å². The summed E-state index contributed by atoms with van der Waals surface area (Å²) in [4.78, 5) is 8.08. The second kappa shape index (κ2) is 9.08. The van der Waals surface area contributed by atoms with Gasteiger partial charge in [-0.2, -0.15) is 10.2 Å². The summed E-state index contributed by atoms with van der Waals surface area (Å²) < 4.78 is 14.1. The third-order valence-electron chi connectivity index (χ3n) is 5.35. The number of aromatic nitrogens is 6. The Morgan fingerprint density at radius 3 is 2.64 bits per heavy atom. The number of hydrogen-bond acceptors (Lipinski definition) is 3. The molecule has 3 aromatic heterocycles. The van der Waals surface area contributed by atoms with Crippen LogP contribution in [0.15, 0.2) is 55.4 Å². The SMILES string of the molecule is C=C/C=C(/c1cc(C)cc(F)c1)c1nc(-c2n[nH]/c(=C/C=C(\C)c3cn[nH]c3)c2=C)[nH]c1C. The molecular formula is C26H25FN6. The fraction of sp³-hybridized carbons (Fsp3) is 0.115. The quantitative estimate of drug-likeness (QED) is 0.393. The first-order valence-corrected chi connectivity index (χ1v) is 10.5. The maximum absolute atomic E-state index is 14.1. The summed E-state index contributed by atoms with van der Waals surface area (Å²) in [5.41, 5.74) is 6.58. The number of nitrogens with one attached hydrogen (secondary N) is 3. The van der Waals surface area contributed by atoms with Crippen molar-refractivity contribution in [1.82, 2.24) is 30.4 Å². The normalized spacial score (nSPS) is 13.0. The molecule has 3 N–H and O–H groups in total. The van der Waals surface area contributed by atoms with E-state index >= 15 is 0 Å². The van der Waals surface area contributed by atoms with E-state index in [9.17, 15) is 4.39 Å². The standard InChI is InChI=1S/C26H25FN6/c1-6-7-22(19-10-15(2)11-21(27)12-19)25-18(5)30-26(31-25)24-17(4)23(32-33-24)9-8-16(3)20-13-28-29-14-20/h6-14,32H,1,4H2,2-3,5H3,(H,28,29)(H,30,31)/b16-8+,22-7-,23-9+. The molecule has 0 radical (unpaired) electrons. The Labute approximate surface area is 191 Å². The van der Waals surface area contributed by atoms with Crippen molar-refractivity contribution in [3.05, 3.63) is 99.9 Å². The van der Waals surface area contributed by atoms with Crippen molar-refractivity contribution in [3.63, 3.8) is 0 Å². The molecule has 0 amide bonds. The van der Waals surface area contributed by atoms with E-state index in [-0.39, 0.29) is 5.82 Å². The van der Waals surface area contributed by atoms with Crippen molar-refractivity contribution in [3.8, 4) is 11.5 Å². The average molecular weight is 441 g/mol. The maximum atomic E-state index is 14.1. The second-order valence-electron chi connectivity index (χ2n) is 7.86. The molecule has 0 unspecified atom stereocenters. The van der Waals surface area contributed by atoms with E-state index < -0.39 is 0 Å². The number of H-pyrrole nitrogens is 3. The summed E-state index contributed by atoms with van der Waals surface area (Å²) >= 11 is 0. The van der Waals surface area contributed by atoms with Gasteiger partial charge in [0.15, 0.2) is 5.82 Å². The number of hydrogen-bond donors (Lipinski definition) is 3. The molecule has 0 bridgehead atoms. The van der Waals surface area contributed by atoms with Crippen molar-refractivity contribution < 1.29 is 4.39 Å². The van der Waals surface area contributed by atoms with Gasteiger partial charge >= 0.3 is 0 Å². The molecule has 0 aliphatic carbocycles. The first-order chi connectivity index (χ1) is 15.9. The van der Waals surface area contributed by atoms with Gasteiger partial charge in [-0.05, 0) is 55.7 Å². The highest BCUT2D eigenvalue weighted by Crippen LogP contribution is 2.27. The van der Waals surface area contributed by atoms with Gasteiger partial charge in [0.05, 0.1) is 17.2 Å². The minimum absolute atomic E-state index is 0.292. The number of rotatable bonds is 6. The molecule has 0 aliphatic heterocycles. The van der Waals surface area contributed by atoms with Crippen LogP contribution < -0.4 is 10.6 Å². The molecule has 0 saturated heterocycles. The van der Waals surface area contributed by atoms with E-state index in [1.165, 1.54) is 12.1 Å². The van der Waals surface area contributed by atoms with E-state index in [1.54, 1.807) is 12.3 Å². The van der Waals surface area contributed by atoms with Crippen molar-refractivity contribution >= 4 is 23.8 Å². The topological polar surface area (TPSA) is 86.0 Å². The van der Waals surface area contributed by atoms with E-state index in [2.05, 4.69) is 38.5 Å². The lowest BCUT2D eigenvalue weighted by Crippen LogP contribution is -2.21. The van der Waals surface area contributed by atoms with Crippen LogP contribution in [0.1, 0.15) is 35.0 Å². The molecule has 3 heterocycles. The lowest BCUT2D eigenvalue weighted by atomic mass is 9.99. The lowest BCUT2D eigenvalue weighted by molar-refractivity contribution is 0.626. The van der Waals surface area contributed by atoms with Gasteiger partial charge in [-0.25, -0.2) is 9.37 Å². The summed E-state index contributed by atoms with van der Waals surface area (Å²) in [6.07, 6.45) is 11.0.